The molecule has 0 aromatic carbocycles. The molecule has 2 N–H and O–H groups in total. The lowest BCUT2D eigenvalue weighted by Gasteiger charge is -2.04. The predicted octanol–water partition coefficient (Wildman–Crippen LogP) is 1.41. The number of hydrogen-bond donors (Lipinski definition) is 2. The van der Waals surface area contributed by atoms with E-state index in [2.05, 4.69) is 24.4 Å². The Morgan fingerprint density at radius 2 is 2.08 bits per heavy atom. The van der Waals surface area contributed by atoms with Crippen molar-refractivity contribution in [3.05, 3.63) is 12.2 Å². The number of hydrazine groups is 1. The Labute approximate surface area is 80.0 Å². The van der Waals surface area contributed by atoms with E-state index in [4.69, 9.17) is 0 Å². The second-order valence-electron chi connectivity index (χ2n) is 2.51. The fourth-order valence-corrected chi connectivity index (χ4v) is 0.515. The van der Waals surface area contributed by atoms with Crippen LogP contribution < -0.4 is 10.9 Å². The van der Waals surface area contributed by atoms with Crippen molar-refractivity contribution in [2.75, 3.05) is 6.54 Å². The molecule has 0 atom stereocenters. The molecule has 3 nitrogen and oxygen atoms in total. The van der Waals surface area contributed by atoms with Crippen LogP contribution in [-0.4, -0.2) is 12.5 Å². The molecule has 4 heteroatoms. The normalized spacial score (nSPS) is 8.50. The minimum Gasteiger partial charge on any atom is -0.288 e. The van der Waals surface area contributed by atoms with Gasteiger partial charge in [-0.15, -0.1) is 12.4 Å². The summed E-state index contributed by atoms with van der Waals surface area (Å²) in [6.45, 7) is 8.09. The fraction of sp³-hybridized carbons (Fsp3) is 0.625. The summed E-state index contributed by atoms with van der Waals surface area (Å²) < 4.78 is 0. The van der Waals surface area contributed by atoms with E-state index in [1.54, 1.807) is 6.92 Å². The maximum absolute atomic E-state index is 10.8. The van der Waals surface area contributed by atoms with Crippen LogP contribution in [0.5, 0.6) is 0 Å². The third-order valence-corrected chi connectivity index (χ3v) is 1.24. The molecule has 0 aliphatic heterocycles. The first-order valence-corrected chi connectivity index (χ1v) is 3.87. The molecule has 0 aromatic heterocycles. The van der Waals surface area contributed by atoms with E-state index in [-0.39, 0.29) is 18.3 Å². The Bertz CT molecular complexity index is 148. The first kappa shape index (κ1) is 14.0. The summed E-state index contributed by atoms with van der Waals surface area (Å²) in [6, 6.07) is 0. The van der Waals surface area contributed by atoms with Crippen LogP contribution in [0.4, 0.5) is 0 Å². The molecule has 0 bridgehead atoms. The molecule has 0 aliphatic rings. The Hall–Kier alpha value is -0.540. The summed E-state index contributed by atoms with van der Waals surface area (Å²) in [5.41, 5.74) is 5.86. The highest BCUT2D eigenvalue weighted by Crippen LogP contribution is 1.84. The highest BCUT2D eigenvalue weighted by atomic mass is 35.5. The molecule has 0 fully saturated rings. The van der Waals surface area contributed by atoms with Gasteiger partial charge >= 0.3 is 0 Å². The molecule has 12 heavy (non-hydrogen) atoms. The average Bonchev–Trinajstić information content (AvgIpc) is 1.97. The van der Waals surface area contributed by atoms with E-state index in [1.807, 2.05) is 0 Å². The van der Waals surface area contributed by atoms with Gasteiger partial charge in [0.15, 0.2) is 0 Å². The lowest BCUT2D eigenvalue weighted by Crippen LogP contribution is -2.38. The van der Waals surface area contributed by atoms with Crippen LogP contribution in [0.15, 0.2) is 12.2 Å². The fourth-order valence-electron chi connectivity index (χ4n) is 0.515. The van der Waals surface area contributed by atoms with Gasteiger partial charge in [-0.25, -0.2) is 5.43 Å². The summed E-state index contributed by atoms with van der Waals surface area (Å²) in [4.78, 5) is 10.8. The van der Waals surface area contributed by atoms with E-state index in [0.29, 0.717) is 5.57 Å². The van der Waals surface area contributed by atoms with E-state index < -0.39 is 0 Å². The van der Waals surface area contributed by atoms with Crippen molar-refractivity contribution in [2.45, 2.75) is 26.7 Å². The Balaban J connectivity index is 0. The molecule has 72 valence electrons. The van der Waals surface area contributed by atoms with Crippen LogP contribution >= 0.6 is 12.4 Å². The minimum absolute atomic E-state index is 0. The van der Waals surface area contributed by atoms with E-state index >= 15 is 0 Å². The predicted molar refractivity (Wildman–Crippen MR) is 53.1 cm³/mol. The number of carbonyl (C=O) groups is 1. The zero-order valence-electron chi connectivity index (χ0n) is 7.64. The largest absolute Gasteiger partial charge is 0.288 e. The summed E-state index contributed by atoms with van der Waals surface area (Å²) in [5.74, 6) is -0.138. The highest BCUT2D eigenvalue weighted by Gasteiger charge is 1.97. The molecule has 0 unspecified atom stereocenters. The average molecular weight is 193 g/mol. The van der Waals surface area contributed by atoms with Gasteiger partial charge in [-0.2, -0.15) is 0 Å². The Morgan fingerprint density at radius 3 is 2.50 bits per heavy atom. The molecule has 0 heterocycles. The van der Waals surface area contributed by atoms with Crippen molar-refractivity contribution < 1.29 is 4.79 Å². The smallest absolute Gasteiger partial charge is 0.260 e. The van der Waals surface area contributed by atoms with Gasteiger partial charge in [-0.05, 0) is 13.3 Å². The summed E-state index contributed by atoms with van der Waals surface area (Å²) in [6.07, 6.45) is 2.19. The number of unbranched alkanes of at least 4 members (excludes halogenated alkanes) is 1. The van der Waals surface area contributed by atoms with Gasteiger partial charge in [0, 0.05) is 12.1 Å². The van der Waals surface area contributed by atoms with Gasteiger partial charge in [0.25, 0.3) is 5.91 Å². The van der Waals surface area contributed by atoms with Crippen molar-refractivity contribution in [3.63, 3.8) is 0 Å². The number of halogens is 1. The van der Waals surface area contributed by atoms with Gasteiger partial charge < -0.3 is 0 Å². The van der Waals surface area contributed by atoms with Crippen molar-refractivity contribution in [3.8, 4) is 0 Å². The van der Waals surface area contributed by atoms with Gasteiger partial charge in [-0.3, -0.25) is 10.2 Å². The van der Waals surface area contributed by atoms with Crippen molar-refractivity contribution in [1.82, 2.24) is 10.9 Å². The molecular formula is C8H17ClN2O. The maximum Gasteiger partial charge on any atom is 0.260 e. The number of nitrogens with one attached hydrogen (secondary N) is 2. The molecule has 0 aromatic rings. The first-order valence-electron chi connectivity index (χ1n) is 3.87. The van der Waals surface area contributed by atoms with Gasteiger partial charge in [0.05, 0.1) is 0 Å². The van der Waals surface area contributed by atoms with E-state index in [1.165, 1.54) is 0 Å². The van der Waals surface area contributed by atoms with Gasteiger partial charge in [-0.1, -0.05) is 19.9 Å². The van der Waals surface area contributed by atoms with Crippen LogP contribution in [0.3, 0.4) is 0 Å². The zero-order chi connectivity index (χ0) is 8.69. The third-order valence-electron chi connectivity index (χ3n) is 1.24. The third kappa shape index (κ3) is 7.57. The number of hydrogen-bond acceptors (Lipinski definition) is 2. The minimum atomic E-state index is -0.138. The van der Waals surface area contributed by atoms with Gasteiger partial charge in [0.1, 0.15) is 0 Å². The second kappa shape index (κ2) is 8.56. The van der Waals surface area contributed by atoms with Crippen LogP contribution in [0.25, 0.3) is 0 Å². The number of rotatable bonds is 5. The summed E-state index contributed by atoms with van der Waals surface area (Å²) in [7, 11) is 0. The molecule has 0 saturated heterocycles. The zero-order valence-corrected chi connectivity index (χ0v) is 8.46. The number of carbonyl (C=O) groups excluding carboxylic acids is 1. The second-order valence-corrected chi connectivity index (χ2v) is 2.51. The Kier molecular flexibility index (Phi) is 9.99. The SMILES string of the molecule is C=C(C)C(=O)NNCCCC.Cl. The molecular weight excluding hydrogens is 176 g/mol. The van der Waals surface area contributed by atoms with Gasteiger partial charge in [0.2, 0.25) is 0 Å². The molecule has 0 saturated carbocycles. The van der Waals surface area contributed by atoms with Crippen molar-refractivity contribution in [1.29, 1.82) is 0 Å². The van der Waals surface area contributed by atoms with Crippen LogP contribution in [-0.2, 0) is 4.79 Å². The molecule has 0 rings (SSSR count). The maximum atomic E-state index is 10.8. The summed E-state index contributed by atoms with van der Waals surface area (Å²) >= 11 is 0. The number of amides is 1. The van der Waals surface area contributed by atoms with Crippen molar-refractivity contribution >= 4 is 18.3 Å². The Morgan fingerprint density at radius 1 is 1.50 bits per heavy atom. The standard InChI is InChI=1S/C8H16N2O.ClH/c1-4-5-6-9-10-8(11)7(2)3;/h9H,2,4-6H2,1,3H3,(H,10,11);1H. The van der Waals surface area contributed by atoms with E-state index in [9.17, 15) is 4.79 Å². The monoisotopic (exact) mass is 192 g/mol. The molecule has 0 aliphatic carbocycles. The van der Waals surface area contributed by atoms with Crippen molar-refractivity contribution in [2.24, 2.45) is 0 Å². The first-order chi connectivity index (χ1) is 5.18. The molecule has 0 radical (unpaired) electrons. The summed E-state index contributed by atoms with van der Waals surface area (Å²) in [5, 5.41) is 0. The molecule has 1 amide bonds. The quantitative estimate of drug-likeness (QED) is 0.393. The topological polar surface area (TPSA) is 41.1 Å². The van der Waals surface area contributed by atoms with Crippen LogP contribution in [0, 0.1) is 0 Å². The van der Waals surface area contributed by atoms with E-state index in [0.717, 1.165) is 19.4 Å². The van der Waals surface area contributed by atoms with Crippen LogP contribution in [0.1, 0.15) is 26.7 Å². The lowest BCUT2D eigenvalue weighted by molar-refractivity contribution is -0.118. The highest BCUT2D eigenvalue weighted by molar-refractivity contribution is 5.91. The van der Waals surface area contributed by atoms with Crippen LogP contribution in [0.2, 0.25) is 0 Å². The lowest BCUT2D eigenvalue weighted by atomic mass is 10.3. The molecule has 0 spiro atoms.